The van der Waals surface area contributed by atoms with E-state index in [1.165, 1.54) is 11.3 Å². The van der Waals surface area contributed by atoms with Crippen molar-refractivity contribution in [1.29, 1.82) is 0 Å². The van der Waals surface area contributed by atoms with E-state index >= 15 is 0 Å². The molecule has 0 unspecified atom stereocenters. The van der Waals surface area contributed by atoms with E-state index in [-0.39, 0.29) is 0 Å². The van der Waals surface area contributed by atoms with Crippen LogP contribution in [0.3, 0.4) is 0 Å². The minimum absolute atomic E-state index is 0.829. The highest BCUT2D eigenvalue weighted by molar-refractivity contribution is 6.37. The fourth-order valence-electron chi connectivity index (χ4n) is 2.60. The topological polar surface area (TPSA) is 26.2 Å². The first-order chi connectivity index (χ1) is 8.24. The molecule has 17 heavy (non-hydrogen) atoms. The quantitative estimate of drug-likeness (QED) is 0.842. The number of aromatic nitrogens is 1. The van der Waals surface area contributed by atoms with E-state index in [1.54, 1.807) is 7.11 Å². The molecular formula is C13H15ClN2O. The van der Waals surface area contributed by atoms with Crippen LogP contribution in [0.2, 0.25) is 5.02 Å². The monoisotopic (exact) mass is 250 g/mol. The van der Waals surface area contributed by atoms with Crippen LogP contribution in [0, 0.1) is 6.92 Å². The molecule has 0 amide bonds. The van der Waals surface area contributed by atoms with Gasteiger partial charge in [0.15, 0.2) is 0 Å². The highest BCUT2D eigenvalue weighted by atomic mass is 35.5. The van der Waals surface area contributed by atoms with Crippen molar-refractivity contribution in [1.82, 2.24) is 9.88 Å². The molecule has 0 radical (unpaired) electrons. The van der Waals surface area contributed by atoms with Crippen molar-refractivity contribution in [3.63, 3.8) is 0 Å². The molecule has 1 aromatic heterocycles. The molecule has 1 N–H and O–H groups in total. The third-order valence-electron chi connectivity index (χ3n) is 3.44. The summed E-state index contributed by atoms with van der Waals surface area (Å²) < 4.78 is 7.74. The fourth-order valence-corrected chi connectivity index (χ4v) is 3.01. The van der Waals surface area contributed by atoms with Gasteiger partial charge in [0.1, 0.15) is 5.75 Å². The van der Waals surface area contributed by atoms with Gasteiger partial charge in [0.2, 0.25) is 0 Å². The zero-order chi connectivity index (χ0) is 12.0. The lowest BCUT2D eigenvalue weighted by molar-refractivity contribution is 0.415. The van der Waals surface area contributed by atoms with E-state index < -0.39 is 0 Å². The molecule has 1 aromatic carbocycles. The van der Waals surface area contributed by atoms with Crippen LogP contribution in [0.1, 0.15) is 11.3 Å². The maximum atomic E-state index is 6.49. The van der Waals surface area contributed by atoms with E-state index in [0.717, 1.165) is 41.3 Å². The summed E-state index contributed by atoms with van der Waals surface area (Å²) in [4.78, 5) is 0. The molecule has 4 heteroatoms. The van der Waals surface area contributed by atoms with Gasteiger partial charge >= 0.3 is 0 Å². The SMILES string of the molecule is COc1ccc(C)c2c(Cl)c3n(c12)CCNC3. The Kier molecular flexibility index (Phi) is 2.53. The summed E-state index contributed by atoms with van der Waals surface area (Å²) in [6.07, 6.45) is 0. The van der Waals surface area contributed by atoms with Gasteiger partial charge in [-0.3, -0.25) is 0 Å². The lowest BCUT2D eigenvalue weighted by atomic mass is 10.1. The van der Waals surface area contributed by atoms with Crippen LogP contribution in [0.15, 0.2) is 12.1 Å². The highest BCUT2D eigenvalue weighted by Gasteiger charge is 2.21. The molecule has 1 aliphatic rings. The van der Waals surface area contributed by atoms with Gasteiger partial charge in [-0.15, -0.1) is 0 Å². The van der Waals surface area contributed by atoms with Crippen LogP contribution in [-0.4, -0.2) is 18.2 Å². The molecule has 2 aromatic rings. The minimum atomic E-state index is 0.829. The Hall–Kier alpha value is -1.19. The summed E-state index contributed by atoms with van der Waals surface area (Å²) in [7, 11) is 1.71. The average Bonchev–Trinajstić information content (AvgIpc) is 2.66. The predicted octanol–water partition coefficient (Wildman–Crippen LogP) is 2.71. The third-order valence-corrected chi connectivity index (χ3v) is 3.85. The summed E-state index contributed by atoms with van der Waals surface area (Å²) in [5.74, 6) is 0.903. The zero-order valence-electron chi connectivity index (χ0n) is 10.0. The maximum Gasteiger partial charge on any atom is 0.143 e. The number of aryl methyl sites for hydroxylation is 1. The Bertz CT molecular complexity index is 589. The number of hydrogen-bond donors (Lipinski definition) is 1. The number of benzene rings is 1. The zero-order valence-corrected chi connectivity index (χ0v) is 10.8. The highest BCUT2D eigenvalue weighted by Crippen LogP contribution is 2.38. The lowest BCUT2D eigenvalue weighted by Crippen LogP contribution is -2.27. The van der Waals surface area contributed by atoms with Crippen molar-refractivity contribution < 1.29 is 4.74 Å². The molecule has 0 spiro atoms. The van der Waals surface area contributed by atoms with Gasteiger partial charge in [0, 0.05) is 25.0 Å². The molecule has 0 fully saturated rings. The average molecular weight is 251 g/mol. The number of nitrogens with zero attached hydrogens (tertiary/aromatic N) is 1. The molecule has 0 aliphatic carbocycles. The second-order valence-electron chi connectivity index (χ2n) is 4.40. The van der Waals surface area contributed by atoms with Crippen molar-refractivity contribution in [3.05, 3.63) is 28.4 Å². The van der Waals surface area contributed by atoms with Crippen molar-refractivity contribution in [2.24, 2.45) is 0 Å². The Labute approximate surface area is 105 Å². The van der Waals surface area contributed by atoms with Crippen LogP contribution >= 0.6 is 11.6 Å². The van der Waals surface area contributed by atoms with Gasteiger partial charge in [-0.2, -0.15) is 0 Å². The normalized spacial score (nSPS) is 15.0. The van der Waals surface area contributed by atoms with Crippen LogP contribution in [-0.2, 0) is 13.1 Å². The minimum Gasteiger partial charge on any atom is -0.495 e. The molecule has 90 valence electrons. The molecule has 0 atom stereocenters. The number of rotatable bonds is 1. The van der Waals surface area contributed by atoms with E-state index in [0.29, 0.717) is 0 Å². The van der Waals surface area contributed by atoms with Gasteiger partial charge in [0.25, 0.3) is 0 Å². The van der Waals surface area contributed by atoms with Crippen LogP contribution in [0.25, 0.3) is 10.9 Å². The lowest BCUT2D eigenvalue weighted by Gasteiger charge is -2.18. The van der Waals surface area contributed by atoms with Crippen LogP contribution < -0.4 is 10.1 Å². The third kappa shape index (κ3) is 1.46. The summed E-state index contributed by atoms with van der Waals surface area (Å²) in [6, 6.07) is 4.08. The van der Waals surface area contributed by atoms with Crippen molar-refractivity contribution in [2.45, 2.75) is 20.0 Å². The number of nitrogens with one attached hydrogen (secondary N) is 1. The standard InChI is InChI=1S/C13H15ClN2O/c1-8-3-4-10(17-2)13-11(8)12(14)9-7-15-5-6-16(9)13/h3-4,15H,5-7H2,1-2H3. The largest absolute Gasteiger partial charge is 0.495 e. The van der Waals surface area contributed by atoms with E-state index in [9.17, 15) is 0 Å². The predicted molar refractivity (Wildman–Crippen MR) is 69.9 cm³/mol. The Morgan fingerprint density at radius 3 is 3.00 bits per heavy atom. The summed E-state index contributed by atoms with van der Waals surface area (Å²) in [5, 5.41) is 5.35. The molecule has 0 saturated carbocycles. The number of halogens is 1. The number of fused-ring (bicyclic) bond motifs is 3. The second-order valence-corrected chi connectivity index (χ2v) is 4.78. The Morgan fingerprint density at radius 1 is 1.41 bits per heavy atom. The van der Waals surface area contributed by atoms with E-state index in [2.05, 4.69) is 22.9 Å². The molecule has 2 heterocycles. The maximum absolute atomic E-state index is 6.49. The van der Waals surface area contributed by atoms with Crippen molar-refractivity contribution in [3.8, 4) is 5.75 Å². The van der Waals surface area contributed by atoms with Crippen molar-refractivity contribution in [2.75, 3.05) is 13.7 Å². The summed E-state index contributed by atoms with van der Waals surface area (Å²) in [6.45, 7) is 4.84. The van der Waals surface area contributed by atoms with E-state index in [1.807, 2.05) is 6.07 Å². The molecule has 1 aliphatic heterocycles. The number of methoxy groups -OCH3 is 1. The first-order valence-corrected chi connectivity index (χ1v) is 6.16. The molecule has 3 nitrogen and oxygen atoms in total. The smallest absolute Gasteiger partial charge is 0.143 e. The van der Waals surface area contributed by atoms with E-state index in [4.69, 9.17) is 16.3 Å². The first-order valence-electron chi connectivity index (χ1n) is 5.79. The number of ether oxygens (including phenoxy) is 1. The van der Waals surface area contributed by atoms with Gasteiger partial charge in [0.05, 0.1) is 23.3 Å². The Morgan fingerprint density at radius 2 is 2.24 bits per heavy atom. The second kappa shape index (κ2) is 3.93. The van der Waals surface area contributed by atoms with Crippen molar-refractivity contribution >= 4 is 22.5 Å². The molecule has 0 saturated heterocycles. The fraction of sp³-hybridized carbons (Fsp3) is 0.385. The van der Waals surface area contributed by atoms with Crippen LogP contribution in [0.4, 0.5) is 0 Å². The summed E-state index contributed by atoms with van der Waals surface area (Å²) >= 11 is 6.49. The molecule has 0 bridgehead atoms. The van der Waals surface area contributed by atoms with Gasteiger partial charge < -0.3 is 14.6 Å². The van der Waals surface area contributed by atoms with Gasteiger partial charge in [-0.25, -0.2) is 0 Å². The molecular weight excluding hydrogens is 236 g/mol. The Balaban J connectivity index is 2.45. The first kappa shape index (κ1) is 10.9. The number of hydrogen-bond acceptors (Lipinski definition) is 2. The van der Waals surface area contributed by atoms with Gasteiger partial charge in [-0.05, 0) is 18.6 Å². The van der Waals surface area contributed by atoms with Gasteiger partial charge in [-0.1, -0.05) is 17.7 Å². The molecule has 3 rings (SSSR count). The van der Waals surface area contributed by atoms with Crippen LogP contribution in [0.5, 0.6) is 5.75 Å². The summed E-state index contributed by atoms with van der Waals surface area (Å²) in [5.41, 5.74) is 3.50.